The third-order valence-corrected chi connectivity index (χ3v) is 5.59. The number of amides is 1. The number of carbonyl (C=O) groups is 2. The molecule has 5 nitrogen and oxygen atoms in total. The maximum absolute atomic E-state index is 13.2. The molecule has 5 heteroatoms. The molecule has 4 rings (SSSR count). The quantitative estimate of drug-likeness (QED) is 0.508. The van der Waals surface area contributed by atoms with Gasteiger partial charge >= 0.3 is 5.97 Å². The van der Waals surface area contributed by atoms with Crippen molar-refractivity contribution in [3.63, 3.8) is 0 Å². The standard InChI is InChI=1S/C25H26N2O3/c1-17(24(28)26-16-18-10-4-2-5-11-18)30-25(29)23-19-12-6-3-7-14-21(19)27-22-15-9-8-13-20(22)23/h2,4-5,8-11,13,15,17H,3,6-7,12,14,16H2,1H3,(H,26,28)/t17-/m0/s1. The van der Waals surface area contributed by atoms with Gasteiger partial charge in [-0.05, 0) is 49.8 Å². The van der Waals surface area contributed by atoms with Crippen molar-refractivity contribution in [1.29, 1.82) is 0 Å². The minimum Gasteiger partial charge on any atom is -0.449 e. The Bertz CT molecular complexity index is 1060. The van der Waals surface area contributed by atoms with E-state index in [0.717, 1.165) is 59.8 Å². The van der Waals surface area contributed by atoms with E-state index in [0.29, 0.717) is 12.1 Å². The highest BCUT2D eigenvalue weighted by molar-refractivity contribution is 6.05. The Hall–Kier alpha value is -3.21. The summed E-state index contributed by atoms with van der Waals surface area (Å²) >= 11 is 0. The lowest BCUT2D eigenvalue weighted by molar-refractivity contribution is -0.129. The predicted octanol–water partition coefficient (Wildman–Crippen LogP) is 4.37. The Balaban J connectivity index is 1.55. The second kappa shape index (κ2) is 9.08. The third-order valence-electron chi connectivity index (χ3n) is 5.59. The van der Waals surface area contributed by atoms with Gasteiger partial charge in [0, 0.05) is 17.6 Å². The second-order valence-electron chi connectivity index (χ2n) is 7.74. The van der Waals surface area contributed by atoms with Crippen LogP contribution in [0.4, 0.5) is 0 Å². The summed E-state index contributed by atoms with van der Waals surface area (Å²) in [6, 6.07) is 17.3. The zero-order valence-corrected chi connectivity index (χ0v) is 17.2. The number of rotatable bonds is 5. The first-order chi connectivity index (χ1) is 14.6. The summed E-state index contributed by atoms with van der Waals surface area (Å²) in [7, 11) is 0. The molecule has 1 aromatic heterocycles. The van der Waals surface area contributed by atoms with Gasteiger partial charge < -0.3 is 10.1 Å². The minimum absolute atomic E-state index is 0.309. The van der Waals surface area contributed by atoms with E-state index in [1.54, 1.807) is 6.92 Å². The van der Waals surface area contributed by atoms with E-state index in [2.05, 4.69) is 5.32 Å². The first kappa shape index (κ1) is 20.1. The van der Waals surface area contributed by atoms with Crippen LogP contribution >= 0.6 is 0 Å². The molecule has 1 amide bonds. The molecule has 1 aliphatic carbocycles. The number of pyridine rings is 1. The molecule has 0 fully saturated rings. The SMILES string of the molecule is C[C@H](OC(=O)c1c2c(nc3ccccc13)CCCCC2)C(=O)NCc1ccccc1. The summed E-state index contributed by atoms with van der Waals surface area (Å²) in [5, 5.41) is 3.63. The van der Waals surface area contributed by atoms with E-state index >= 15 is 0 Å². The Kier molecular flexibility index (Phi) is 6.07. The highest BCUT2D eigenvalue weighted by atomic mass is 16.5. The number of ether oxygens (including phenoxy) is 1. The summed E-state index contributed by atoms with van der Waals surface area (Å²) in [6.07, 6.45) is 4.03. The van der Waals surface area contributed by atoms with Crippen molar-refractivity contribution in [3.8, 4) is 0 Å². The average molecular weight is 402 g/mol. The number of fused-ring (bicyclic) bond motifs is 2. The van der Waals surface area contributed by atoms with Crippen LogP contribution in [0.25, 0.3) is 10.9 Å². The van der Waals surface area contributed by atoms with E-state index in [-0.39, 0.29) is 5.91 Å². The number of benzene rings is 2. The third kappa shape index (κ3) is 4.35. The Morgan fingerprint density at radius 3 is 2.57 bits per heavy atom. The average Bonchev–Trinajstić information content (AvgIpc) is 3.01. The van der Waals surface area contributed by atoms with Crippen molar-refractivity contribution in [2.75, 3.05) is 0 Å². The molecular formula is C25H26N2O3. The van der Waals surface area contributed by atoms with Gasteiger partial charge in [-0.2, -0.15) is 0 Å². The van der Waals surface area contributed by atoms with Crippen molar-refractivity contribution in [1.82, 2.24) is 10.3 Å². The number of hydrogen-bond donors (Lipinski definition) is 1. The molecule has 0 radical (unpaired) electrons. The summed E-state index contributed by atoms with van der Waals surface area (Å²) < 4.78 is 5.62. The number of nitrogens with one attached hydrogen (secondary N) is 1. The second-order valence-corrected chi connectivity index (χ2v) is 7.74. The maximum atomic E-state index is 13.2. The van der Waals surface area contributed by atoms with E-state index in [1.165, 1.54) is 0 Å². The van der Waals surface area contributed by atoms with Crippen molar-refractivity contribution in [2.24, 2.45) is 0 Å². The molecule has 30 heavy (non-hydrogen) atoms. The zero-order valence-electron chi connectivity index (χ0n) is 17.2. The summed E-state index contributed by atoms with van der Waals surface area (Å²) in [6.45, 7) is 2.01. The van der Waals surface area contributed by atoms with Gasteiger partial charge in [0.2, 0.25) is 0 Å². The van der Waals surface area contributed by atoms with Crippen LogP contribution in [0.1, 0.15) is 53.4 Å². The van der Waals surface area contributed by atoms with Gasteiger partial charge in [0.15, 0.2) is 6.10 Å². The molecule has 1 atom stereocenters. The van der Waals surface area contributed by atoms with Crippen molar-refractivity contribution in [2.45, 2.75) is 51.7 Å². The van der Waals surface area contributed by atoms with Gasteiger partial charge in [-0.1, -0.05) is 55.0 Å². The molecular weight excluding hydrogens is 376 g/mol. The Morgan fingerprint density at radius 1 is 1.00 bits per heavy atom. The normalized spacial score (nSPS) is 14.4. The fourth-order valence-electron chi connectivity index (χ4n) is 3.98. The molecule has 2 aromatic carbocycles. The highest BCUT2D eigenvalue weighted by Crippen LogP contribution is 2.29. The number of nitrogens with zero attached hydrogens (tertiary/aromatic N) is 1. The monoisotopic (exact) mass is 402 g/mol. The zero-order chi connectivity index (χ0) is 20.9. The molecule has 0 saturated heterocycles. The lowest BCUT2D eigenvalue weighted by Crippen LogP contribution is -2.35. The highest BCUT2D eigenvalue weighted by Gasteiger charge is 2.26. The van der Waals surface area contributed by atoms with Crippen LogP contribution in [-0.4, -0.2) is 23.0 Å². The number of aryl methyl sites for hydroxylation is 1. The van der Waals surface area contributed by atoms with Crippen LogP contribution in [-0.2, 0) is 28.9 Å². The maximum Gasteiger partial charge on any atom is 0.339 e. The molecule has 1 N–H and O–H groups in total. The minimum atomic E-state index is -0.880. The number of para-hydroxylation sites is 1. The van der Waals surface area contributed by atoms with Crippen LogP contribution in [0.3, 0.4) is 0 Å². The molecule has 0 aliphatic heterocycles. The molecule has 1 aliphatic rings. The van der Waals surface area contributed by atoms with Crippen LogP contribution in [0.15, 0.2) is 54.6 Å². The first-order valence-corrected chi connectivity index (χ1v) is 10.6. The molecule has 0 bridgehead atoms. The lowest BCUT2D eigenvalue weighted by atomic mass is 9.97. The number of aromatic nitrogens is 1. The number of carbonyl (C=O) groups excluding carboxylic acids is 2. The summed E-state index contributed by atoms with van der Waals surface area (Å²) in [5.74, 6) is -0.759. The van der Waals surface area contributed by atoms with Gasteiger partial charge in [0.1, 0.15) is 0 Å². The largest absolute Gasteiger partial charge is 0.449 e. The summed E-state index contributed by atoms with van der Waals surface area (Å²) in [5.41, 5.74) is 4.33. The first-order valence-electron chi connectivity index (χ1n) is 10.6. The van der Waals surface area contributed by atoms with Gasteiger partial charge in [0.05, 0.1) is 11.1 Å². The van der Waals surface area contributed by atoms with E-state index in [1.807, 2.05) is 54.6 Å². The Morgan fingerprint density at radius 2 is 1.73 bits per heavy atom. The topological polar surface area (TPSA) is 68.3 Å². The van der Waals surface area contributed by atoms with Crippen LogP contribution in [0.5, 0.6) is 0 Å². The smallest absolute Gasteiger partial charge is 0.339 e. The lowest BCUT2D eigenvalue weighted by Gasteiger charge is -2.18. The van der Waals surface area contributed by atoms with Crippen molar-refractivity contribution in [3.05, 3.63) is 77.0 Å². The predicted molar refractivity (Wildman–Crippen MR) is 116 cm³/mol. The molecule has 0 saturated carbocycles. The number of hydrogen-bond acceptors (Lipinski definition) is 4. The van der Waals surface area contributed by atoms with Gasteiger partial charge in [-0.3, -0.25) is 9.78 Å². The van der Waals surface area contributed by atoms with Gasteiger partial charge in [-0.25, -0.2) is 4.79 Å². The molecule has 0 spiro atoms. The molecule has 0 unspecified atom stereocenters. The van der Waals surface area contributed by atoms with E-state index < -0.39 is 12.1 Å². The van der Waals surface area contributed by atoms with Crippen LogP contribution in [0.2, 0.25) is 0 Å². The van der Waals surface area contributed by atoms with E-state index in [4.69, 9.17) is 9.72 Å². The summed E-state index contributed by atoms with van der Waals surface area (Å²) in [4.78, 5) is 30.5. The van der Waals surface area contributed by atoms with E-state index in [9.17, 15) is 9.59 Å². The fraction of sp³-hybridized carbons (Fsp3) is 0.320. The van der Waals surface area contributed by atoms with Gasteiger partial charge in [0.25, 0.3) is 5.91 Å². The Labute approximate surface area is 176 Å². The van der Waals surface area contributed by atoms with Crippen molar-refractivity contribution >= 4 is 22.8 Å². The van der Waals surface area contributed by atoms with Gasteiger partial charge in [-0.15, -0.1) is 0 Å². The van der Waals surface area contributed by atoms with Crippen LogP contribution < -0.4 is 5.32 Å². The molecule has 154 valence electrons. The van der Waals surface area contributed by atoms with Crippen LogP contribution in [0, 0.1) is 0 Å². The molecule has 1 heterocycles. The molecule has 3 aromatic rings. The number of esters is 1. The fourth-order valence-corrected chi connectivity index (χ4v) is 3.98. The van der Waals surface area contributed by atoms with Crippen molar-refractivity contribution < 1.29 is 14.3 Å².